The highest BCUT2D eigenvalue weighted by molar-refractivity contribution is 7.08. The summed E-state index contributed by atoms with van der Waals surface area (Å²) in [4.78, 5) is 0. The Bertz CT molecular complexity index is 417. The molecule has 0 aliphatic rings. The van der Waals surface area contributed by atoms with E-state index in [-0.39, 0.29) is 0 Å². The molecule has 0 saturated carbocycles. The van der Waals surface area contributed by atoms with Crippen molar-refractivity contribution >= 4 is 11.3 Å². The molecule has 0 saturated heterocycles. The first-order valence-electron chi connectivity index (χ1n) is 5.07. The lowest BCUT2D eigenvalue weighted by molar-refractivity contribution is 0.724. The minimum atomic E-state index is 0.884. The molecule has 0 aliphatic carbocycles. The first-order chi connectivity index (χ1) is 7.31. The molecule has 2 heterocycles. The predicted molar refractivity (Wildman–Crippen MR) is 63.9 cm³/mol. The van der Waals surface area contributed by atoms with Gasteiger partial charge in [0, 0.05) is 36.3 Å². The van der Waals surface area contributed by atoms with Crippen LogP contribution in [0.2, 0.25) is 0 Å². The van der Waals surface area contributed by atoms with Gasteiger partial charge in [0.15, 0.2) is 0 Å². The zero-order valence-electron chi connectivity index (χ0n) is 9.03. The molecule has 2 aromatic rings. The fourth-order valence-electron chi connectivity index (χ4n) is 1.57. The molecule has 2 aromatic heterocycles. The van der Waals surface area contributed by atoms with E-state index in [0.717, 1.165) is 18.8 Å². The lowest BCUT2D eigenvalue weighted by atomic mass is 10.1. The number of nitrogens with zero attached hydrogens (tertiary/aromatic N) is 2. The van der Waals surface area contributed by atoms with Gasteiger partial charge in [0.2, 0.25) is 0 Å². The van der Waals surface area contributed by atoms with Crippen molar-refractivity contribution in [3.8, 4) is 11.3 Å². The number of rotatable bonds is 4. The van der Waals surface area contributed by atoms with Gasteiger partial charge >= 0.3 is 0 Å². The Kier molecular flexibility index (Phi) is 3.18. The standard InChI is InChI=1S/C11H15N3S/c1-3-12-6-10-7-14(2)13-11(10)9-4-5-15-8-9/h4-5,7-8,12H,3,6H2,1-2H3. The lowest BCUT2D eigenvalue weighted by Gasteiger charge is -2.00. The Morgan fingerprint density at radius 2 is 2.40 bits per heavy atom. The molecule has 80 valence electrons. The van der Waals surface area contributed by atoms with Crippen molar-refractivity contribution in [1.29, 1.82) is 0 Å². The molecule has 0 fully saturated rings. The third kappa shape index (κ3) is 2.27. The fourth-order valence-corrected chi connectivity index (χ4v) is 2.21. The van der Waals surface area contributed by atoms with Crippen molar-refractivity contribution in [2.45, 2.75) is 13.5 Å². The average molecular weight is 221 g/mol. The molecule has 0 spiro atoms. The highest BCUT2D eigenvalue weighted by Gasteiger charge is 2.09. The highest BCUT2D eigenvalue weighted by Crippen LogP contribution is 2.23. The van der Waals surface area contributed by atoms with Crippen LogP contribution in [0, 0.1) is 0 Å². The van der Waals surface area contributed by atoms with Crippen LogP contribution in [0.3, 0.4) is 0 Å². The van der Waals surface area contributed by atoms with Crippen molar-refractivity contribution in [3.63, 3.8) is 0 Å². The summed E-state index contributed by atoms with van der Waals surface area (Å²) >= 11 is 1.71. The number of thiophene rings is 1. The van der Waals surface area contributed by atoms with Gasteiger partial charge in [0.25, 0.3) is 0 Å². The van der Waals surface area contributed by atoms with E-state index in [2.05, 4.69) is 40.4 Å². The molecule has 0 bridgehead atoms. The smallest absolute Gasteiger partial charge is 0.0976 e. The van der Waals surface area contributed by atoms with Crippen molar-refractivity contribution in [1.82, 2.24) is 15.1 Å². The predicted octanol–water partition coefficient (Wildman–Crippen LogP) is 2.26. The molecule has 0 aliphatic heterocycles. The quantitative estimate of drug-likeness (QED) is 0.858. The third-order valence-corrected chi connectivity index (χ3v) is 2.95. The molecule has 0 unspecified atom stereocenters. The van der Waals surface area contributed by atoms with Gasteiger partial charge in [-0.3, -0.25) is 4.68 Å². The van der Waals surface area contributed by atoms with Crippen LogP contribution >= 0.6 is 11.3 Å². The van der Waals surface area contributed by atoms with Gasteiger partial charge in [-0.25, -0.2) is 0 Å². The lowest BCUT2D eigenvalue weighted by Crippen LogP contribution is -2.11. The Hall–Kier alpha value is -1.13. The van der Waals surface area contributed by atoms with Crippen LogP contribution in [0.4, 0.5) is 0 Å². The van der Waals surface area contributed by atoms with Crippen molar-refractivity contribution < 1.29 is 0 Å². The molecule has 4 heteroatoms. The SMILES string of the molecule is CCNCc1cn(C)nc1-c1ccsc1. The summed E-state index contributed by atoms with van der Waals surface area (Å²) in [5.74, 6) is 0. The van der Waals surface area contributed by atoms with Crippen LogP contribution in [-0.2, 0) is 13.6 Å². The molecule has 0 amide bonds. The van der Waals surface area contributed by atoms with E-state index in [1.165, 1.54) is 11.1 Å². The summed E-state index contributed by atoms with van der Waals surface area (Å²) in [5.41, 5.74) is 3.57. The molecule has 0 atom stereocenters. The van der Waals surface area contributed by atoms with Crippen LogP contribution in [0.15, 0.2) is 23.0 Å². The molecule has 0 aromatic carbocycles. The summed E-state index contributed by atoms with van der Waals surface area (Å²) in [6.07, 6.45) is 2.08. The first kappa shape index (κ1) is 10.4. The summed E-state index contributed by atoms with van der Waals surface area (Å²) < 4.78 is 1.87. The van der Waals surface area contributed by atoms with E-state index in [1.807, 2.05) is 11.7 Å². The van der Waals surface area contributed by atoms with Crippen LogP contribution in [0.1, 0.15) is 12.5 Å². The van der Waals surface area contributed by atoms with Gasteiger partial charge < -0.3 is 5.32 Å². The van der Waals surface area contributed by atoms with Gasteiger partial charge in [0.1, 0.15) is 0 Å². The Labute approximate surface area is 93.7 Å². The van der Waals surface area contributed by atoms with E-state index in [0.29, 0.717) is 0 Å². The zero-order valence-corrected chi connectivity index (χ0v) is 9.84. The number of aryl methyl sites for hydroxylation is 1. The minimum absolute atomic E-state index is 0.884. The second-order valence-electron chi connectivity index (χ2n) is 3.47. The maximum atomic E-state index is 4.49. The fraction of sp³-hybridized carbons (Fsp3) is 0.364. The summed E-state index contributed by atoms with van der Waals surface area (Å²) in [6.45, 7) is 3.98. The maximum absolute atomic E-state index is 4.49. The zero-order chi connectivity index (χ0) is 10.7. The molecule has 2 rings (SSSR count). The Morgan fingerprint density at radius 3 is 3.07 bits per heavy atom. The van der Waals surface area contributed by atoms with Crippen molar-refractivity contribution in [2.75, 3.05) is 6.54 Å². The average Bonchev–Trinajstić information content (AvgIpc) is 2.83. The van der Waals surface area contributed by atoms with Crippen LogP contribution in [0.5, 0.6) is 0 Å². The second-order valence-corrected chi connectivity index (χ2v) is 4.25. The van der Waals surface area contributed by atoms with E-state index >= 15 is 0 Å². The van der Waals surface area contributed by atoms with E-state index in [9.17, 15) is 0 Å². The van der Waals surface area contributed by atoms with Gasteiger partial charge in [-0.2, -0.15) is 16.4 Å². The molecular weight excluding hydrogens is 206 g/mol. The van der Waals surface area contributed by atoms with Gasteiger partial charge in [-0.05, 0) is 18.0 Å². The van der Waals surface area contributed by atoms with E-state index < -0.39 is 0 Å². The summed E-state index contributed by atoms with van der Waals surface area (Å²) in [7, 11) is 1.96. The second kappa shape index (κ2) is 4.59. The molecule has 15 heavy (non-hydrogen) atoms. The summed E-state index contributed by atoms with van der Waals surface area (Å²) in [6, 6.07) is 2.11. The van der Waals surface area contributed by atoms with Crippen molar-refractivity contribution in [2.24, 2.45) is 7.05 Å². The highest BCUT2D eigenvalue weighted by atomic mass is 32.1. The monoisotopic (exact) mass is 221 g/mol. The molecule has 3 nitrogen and oxygen atoms in total. The van der Waals surface area contributed by atoms with Gasteiger partial charge in [0.05, 0.1) is 5.69 Å². The summed E-state index contributed by atoms with van der Waals surface area (Å²) in [5, 5.41) is 12.0. The van der Waals surface area contributed by atoms with Crippen LogP contribution in [0.25, 0.3) is 11.3 Å². The number of hydrogen-bond donors (Lipinski definition) is 1. The van der Waals surface area contributed by atoms with E-state index in [4.69, 9.17) is 0 Å². The minimum Gasteiger partial charge on any atom is -0.313 e. The number of nitrogens with one attached hydrogen (secondary N) is 1. The van der Waals surface area contributed by atoms with Gasteiger partial charge in [-0.15, -0.1) is 0 Å². The largest absolute Gasteiger partial charge is 0.313 e. The Balaban J connectivity index is 2.29. The van der Waals surface area contributed by atoms with Crippen LogP contribution in [-0.4, -0.2) is 16.3 Å². The van der Waals surface area contributed by atoms with Gasteiger partial charge in [-0.1, -0.05) is 6.92 Å². The molecular formula is C11H15N3S. The maximum Gasteiger partial charge on any atom is 0.0976 e. The van der Waals surface area contributed by atoms with Crippen molar-refractivity contribution in [3.05, 3.63) is 28.6 Å². The van der Waals surface area contributed by atoms with E-state index in [1.54, 1.807) is 11.3 Å². The molecule has 0 radical (unpaired) electrons. The first-order valence-corrected chi connectivity index (χ1v) is 6.01. The Morgan fingerprint density at radius 1 is 1.53 bits per heavy atom. The molecule has 1 N–H and O–H groups in total. The third-order valence-electron chi connectivity index (χ3n) is 2.26. The number of hydrogen-bond acceptors (Lipinski definition) is 3. The normalized spacial score (nSPS) is 10.8. The number of aromatic nitrogens is 2. The topological polar surface area (TPSA) is 29.9 Å². The van der Waals surface area contributed by atoms with Crippen LogP contribution < -0.4 is 5.32 Å².